The molecule has 172 valence electrons. The summed E-state index contributed by atoms with van der Waals surface area (Å²) in [5.41, 5.74) is 3.39. The number of pyridine rings is 1. The molecule has 2 saturated heterocycles. The average Bonchev–Trinajstić information content (AvgIpc) is 3.10. The fourth-order valence-electron chi connectivity index (χ4n) is 5.78. The molecule has 1 unspecified atom stereocenters. The summed E-state index contributed by atoms with van der Waals surface area (Å²) in [5.74, 6) is 0.957. The number of ether oxygens (including phenoxy) is 1. The molecule has 1 aromatic heterocycles. The Bertz CT molecular complexity index is 1070. The molecule has 4 nitrogen and oxygen atoms in total. The molecule has 0 saturated carbocycles. The van der Waals surface area contributed by atoms with Crippen LogP contribution >= 0.6 is 0 Å². The van der Waals surface area contributed by atoms with Crippen molar-refractivity contribution < 1.29 is 9.53 Å². The van der Waals surface area contributed by atoms with Gasteiger partial charge in [-0.25, -0.2) is 0 Å². The topological polar surface area (TPSA) is 42.4 Å². The van der Waals surface area contributed by atoms with Crippen LogP contribution in [0.25, 0.3) is 10.9 Å². The molecule has 0 radical (unpaired) electrons. The van der Waals surface area contributed by atoms with Crippen LogP contribution in [-0.2, 0) is 22.4 Å². The van der Waals surface area contributed by atoms with Crippen molar-refractivity contribution in [1.29, 1.82) is 0 Å². The highest BCUT2D eigenvalue weighted by molar-refractivity contribution is 5.83. The molecule has 2 aliphatic heterocycles. The van der Waals surface area contributed by atoms with Gasteiger partial charge in [0.1, 0.15) is 0 Å². The third kappa shape index (κ3) is 4.96. The molecule has 0 aliphatic carbocycles. The molecule has 0 N–H and O–H groups in total. The zero-order valence-corrected chi connectivity index (χ0v) is 19.4. The summed E-state index contributed by atoms with van der Waals surface area (Å²) in [6.07, 6.45) is 8.72. The Labute approximate surface area is 197 Å². The lowest BCUT2D eigenvalue weighted by molar-refractivity contribution is -0.148. The minimum atomic E-state index is -0.319. The molecule has 5 rings (SSSR count). The highest BCUT2D eigenvalue weighted by Crippen LogP contribution is 2.37. The molecule has 2 aromatic carbocycles. The van der Waals surface area contributed by atoms with E-state index in [0.29, 0.717) is 25.0 Å². The van der Waals surface area contributed by atoms with Crippen molar-refractivity contribution in [3.05, 3.63) is 78.0 Å². The number of amides is 1. The number of aromatic nitrogens is 1. The molecular formula is C29H34N2O2. The second kappa shape index (κ2) is 10.0. The van der Waals surface area contributed by atoms with Gasteiger partial charge in [0.2, 0.25) is 5.91 Å². The standard InChI is InChI=1S/C29H34N2O2/c32-28(29(14-19-33-20-15-29)22-24-7-2-1-3-8-24)31-17-6-9-23(13-18-31)21-25-10-4-12-27-26(25)11-5-16-30-27/h1-5,7-8,10-12,16,23H,6,9,13-15,17-22H2. The van der Waals surface area contributed by atoms with E-state index in [2.05, 4.69) is 58.4 Å². The zero-order valence-electron chi connectivity index (χ0n) is 19.4. The molecule has 0 spiro atoms. The van der Waals surface area contributed by atoms with Crippen molar-refractivity contribution in [3.63, 3.8) is 0 Å². The summed E-state index contributed by atoms with van der Waals surface area (Å²) in [6, 6.07) is 21.2. The maximum Gasteiger partial charge on any atom is 0.229 e. The van der Waals surface area contributed by atoms with Crippen LogP contribution in [0, 0.1) is 11.3 Å². The molecule has 0 bridgehead atoms. The van der Waals surface area contributed by atoms with Crippen molar-refractivity contribution >= 4 is 16.8 Å². The quantitative estimate of drug-likeness (QED) is 0.528. The maximum absolute atomic E-state index is 13.9. The number of carbonyl (C=O) groups excluding carboxylic acids is 1. The van der Waals surface area contributed by atoms with Gasteiger partial charge in [-0.05, 0) is 74.1 Å². The molecule has 3 aromatic rings. The zero-order chi connectivity index (χ0) is 22.5. The van der Waals surface area contributed by atoms with Crippen LogP contribution in [0.15, 0.2) is 66.9 Å². The van der Waals surface area contributed by atoms with E-state index < -0.39 is 0 Å². The smallest absolute Gasteiger partial charge is 0.229 e. The van der Waals surface area contributed by atoms with E-state index in [-0.39, 0.29) is 5.41 Å². The Kier molecular flexibility index (Phi) is 6.73. The van der Waals surface area contributed by atoms with Gasteiger partial charge in [0, 0.05) is 37.9 Å². The van der Waals surface area contributed by atoms with Crippen LogP contribution in [0.5, 0.6) is 0 Å². The van der Waals surface area contributed by atoms with E-state index in [1.807, 2.05) is 18.3 Å². The highest BCUT2D eigenvalue weighted by atomic mass is 16.5. The Morgan fingerprint density at radius 3 is 2.67 bits per heavy atom. The molecule has 1 amide bonds. The second-order valence-corrected chi connectivity index (χ2v) is 9.84. The molecule has 2 aliphatic rings. The number of benzene rings is 2. The first-order valence-electron chi connectivity index (χ1n) is 12.5. The summed E-state index contributed by atoms with van der Waals surface area (Å²) < 4.78 is 5.67. The molecule has 3 heterocycles. The minimum absolute atomic E-state index is 0.319. The summed E-state index contributed by atoms with van der Waals surface area (Å²) in [4.78, 5) is 20.6. The second-order valence-electron chi connectivity index (χ2n) is 9.84. The minimum Gasteiger partial charge on any atom is -0.381 e. The van der Waals surface area contributed by atoms with Crippen LogP contribution in [0.1, 0.15) is 43.2 Å². The number of hydrogen-bond donors (Lipinski definition) is 0. The lowest BCUT2D eigenvalue weighted by Crippen LogP contribution is -2.48. The van der Waals surface area contributed by atoms with Gasteiger partial charge < -0.3 is 9.64 Å². The lowest BCUT2D eigenvalue weighted by Gasteiger charge is -2.40. The first kappa shape index (κ1) is 22.1. The van der Waals surface area contributed by atoms with Gasteiger partial charge in [-0.3, -0.25) is 9.78 Å². The molecule has 33 heavy (non-hydrogen) atoms. The van der Waals surface area contributed by atoms with E-state index in [9.17, 15) is 4.79 Å². The molecule has 4 heteroatoms. The third-order valence-electron chi connectivity index (χ3n) is 7.67. The number of fused-ring (bicyclic) bond motifs is 1. The van der Waals surface area contributed by atoms with Crippen LogP contribution < -0.4 is 0 Å². The van der Waals surface area contributed by atoms with Gasteiger partial charge in [0.05, 0.1) is 10.9 Å². The van der Waals surface area contributed by atoms with Gasteiger partial charge in [-0.15, -0.1) is 0 Å². The van der Waals surface area contributed by atoms with Crippen LogP contribution in [0.4, 0.5) is 0 Å². The number of carbonyl (C=O) groups is 1. The predicted octanol–water partition coefficient (Wildman–Crippen LogP) is 5.45. The first-order valence-corrected chi connectivity index (χ1v) is 12.5. The fraction of sp³-hybridized carbons (Fsp3) is 0.448. The van der Waals surface area contributed by atoms with Crippen molar-refractivity contribution in [2.75, 3.05) is 26.3 Å². The monoisotopic (exact) mass is 442 g/mol. The van der Waals surface area contributed by atoms with Crippen LogP contribution in [0.3, 0.4) is 0 Å². The van der Waals surface area contributed by atoms with E-state index in [0.717, 1.165) is 57.1 Å². The normalized spacial score (nSPS) is 21.0. The maximum atomic E-state index is 13.9. The Morgan fingerprint density at radius 2 is 1.82 bits per heavy atom. The number of likely N-dealkylation sites (tertiary alicyclic amines) is 1. The Balaban J connectivity index is 1.28. The summed E-state index contributed by atoms with van der Waals surface area (Å²) in [6.45, 7) is 3.11. The third-order valence-corrected chi connectivity index (χ3v) is 7.67. The van der Waals surface area contributed by atoms with E-state index in [4.69, 9.17) is 4.74 Å². The highest BCUT2D eigenvalue weighted by Gasteiger charge is 2.42. The van der Waals surface area contributed by atoms with Crippen molar-refractivity contribution in [1.82, 2.24) is 9.88 Å². The number of rotatable bonds is 5. The van der Waals surface area contributed by atoms with E-state index in [1.165, 1.54) is 22.9 Å². The van der Waals surface area contributed by atoms with Crippen LogP contribution in [0.2, 0.25) is 0 Å². The largest absolute Gasteiger partial charge is 0.381 e. The summed E-state index contributed by atoms with van der Waals surface area (Å²) in [5, 5.41) is 1.26. The summed E-state index contributed by atoms with van der Waals surface area (Å²) >= 11 is 0. The van der Waals surface area contributed by atoms with Crippen molar-refractivity contribution in [3.8, 4) is 0 Å². The molecule has 1 atom stereocenters. The van der Waals surface area contributed by atoms with Gasteiger partial charge in [0.25, 0.3) is 0 Å². The van der Waals surface area contributed by atoms with Gasteiger partial charge in [-0.1, -0.05) is 48.5 Å². The van der Waals surface area contributed by atoms with Gasteiger partial charge in [0.15, 0.2) is 0 Å². The summed E-state index contributed by atoms with van der Waals surface area (Å²) in [7, 11) is 0. The Morgan fingerprint density at radius 1 is 0.970 bits per heavy atom. The first-order chi connectivity index (χ1) is 16.2. The van der Waals surface area contributed by atoms with Crippen LogP contribution in [-0.4, -0.2) is 42.1 Å². The average molecular weight is 443 g/mol. The molecule has 2 fully saturated rings. The van der Waals surface area contributed by atoms with Gasteiger partial charge in [-0.2, -0.15) is 0 Å². The number of hydrogen-bond acceptors (Lipinski definition) is 3. The van der Waals surface area contributed by atoms with Crippen molar-refractivity contribution in [2.45, 2.75) is 44.9 Å². The lowest BCUT2D eigenvalue weighted by atomic mass is 9.74. The predicted molar refractivity (Wildman–Crippen MR) is 132 cm³/mol. The fourth-order valence-corrected chi connectivity index (χ4v) is 5.78. The van der Waals surface area contributed by atoms with E-state index in [1.54, 1.807) is 0 Å². The van der Waals surface area contributed by atoms with E-state index >= 15 is 0 Å². The van der Waals surface area contributed by atoms with Crippen molar-refractivity contribution in [2.24, 2.45) is 11.3 Å². The molecular weight excluding hydrogens is 408 g/mol. The Hall–Kier alpha value is -2.72. The number of nitrogens with zero attached hydrogens (tertiary/aromatic N) is 2. The SMILES string of the molecule is O=C(N1CCCC(Cc2cccc3ncccc23)CC1)C1(Cc2ccccc2)CCOCC1. The van der Waals surface area contributed by atoms with Gasteiger partial charge >= 0.3 is 0 Å².